The Morgan fingerprint density at radius 1 is 1.15 bits per heavy atom. The third-order valence-electron chi connectivity index (χ3n) is 12.7. The molecule has 7 rings (SSSR count). The van der Waals surface area contributed by atoms with Crippen LogP contribution in [0, 0.1) is 35.0 Å². The van der Waals surface area contributed by atoms with Gasteiger partial charge < -0.3 is 35.2 Å². The summed E-state index contributed by atoms with van der Waals surface area (Å²) in [5.74, 6) is 2.11. The van der Waals surface area contributed by atoms with Gasteiger partial charge in [-0.15, -0.1) is 0 Å². The second-order valence-electron chi connectivity index (χ2n) is 17.4. The number of rotatable bonds is 14. The van der Waals surface area contributed by atoms with Gasteiger partial charge in [0.15, 0.2) is 0 Å². The quantitative estimate of drug-likeness (QED) is 0.219. The summed E-state index contributed by atoms with van der Waals surface area (Å²) in [6.07, 6.45) is 2.04. The molecule has 292 valence electrons. The summed E-state index contributed by atoms with van der Waals surface area (Å²) in [5, 5.41) is 29.5. The zero-order valence-electron chi connectivity index (χ0n) is 33.1. The molecule has 11 heteroatoms. The van der Waals surface area contributed by atoms with Crippen molar-refractivity contribution in [3.63, 3.8) is 0 Å². The lowest BCUT2D eigenvalue weighted by Gasteiger charge is -2.62. The second-order valence-corrected chi connectivity index (χ2v) is 17.4. The molecule has 2 aromatic carbocycles. The highest BCUT2D eigenvalue weighted by molar-refractivity contribution is 5.99. The van der Waals surface area contributed by atoms with Gasteiger partial charge in [0.25, 0.3) is 5.91 Å². The van der Waals surface area contributed by atoms with Gasteiger partial charge in [-0.25, -0.2) is 0 Å². The first-order valence-corrected chi connectivity index (χ1v) is 19.6. The smallest absolute Gasteiger partial charge is 0.255 e. The molecule has 1 saturated heterocycles. The molecule has 2 aromatic rings. The largest absolute Gasteiger partial charge is 0.496 e. The molecule has 5 aliphatic rings. The van der Waals surface area contributed by atoms with Gasteiger partial charge in [0.05, 0.1) is 38.5 Å². The van der Waals surface area contributed by atoms with Gasteiger partial charge in [-0.1, -0.05) is 52.8 Å². The maximum absolute atomic E-state index is 14.3. The molecule has 9 atom stereocenters. The lowest BCUT2D eigenvalue weighted by molar-refractivity contribution is -0.183. The maximum Gasteiger partial charge on any atom is 0.255 e. The third-order valence-corrected chi connectivity index (χ3v) is 12.7. The fraction of sp³-hybridized carbons (Fsp3) is 0.667. The number of hydroxylamine groups is 2. The molecule has 2 bridgehead atoms. The van der Waals surface area contributed by atoms with Crippen molar-refractivity contribution in [3.8, 4) is 22.6 Å². The average Bonchev–Trinajstić information content (AvgIpc) is 3.72. The molecule has 2 heterocycles. The summed E-state index contributed by atoms with van der Waals surface area (Å²) in [4.78, 5) is 36.6. The van der Waals surface area contributed by atoms with Gasteiger partial charge in [-0.3, -0.25) is 14.4 Å². The Kier molecular flexibility index (Phi) is 11.8. The minimum absolute atomic E-state index is 0.0197. The van der Waals surface area contributed by atoms with Gasteiger partial charge in [-0.2, -0.15) is 5.06 Å². The molecule has 0 radical (unpaired) electrons. The number of likely N-dealkylation sites (N-methyl/N-ethyl adjacent to an activating group) is 1. The van der Waals surface area contributed by atoms with E-state index in [0.29, 0.717) is 53.8 Å². The standard InChI is InChI=1S/C42H62N4O7/c1-23(2)15-30(21-45(7)8)43-40(49)32-17-28(16-26-13-14-52-39(26)32)31-12-10-11-27(38(31)51-9)20-46-37(36(25(4)48)35(22-47)53-46)41(50)44-34-19-29-18-33(24(34)3)42(29,5)6/h10-12,16-17,23-25,29-30,33-37,47-48H,13-15,18-22H2,1-9H3,(H,43,49)(H,44,50)/t24-,25-,29-,30-,33+,34-,35-,36+,37-/m0/s1. The summed E-state index contributed by atoms with van der Waals surface area (Å²) in [5.41, 5.74) is 4.14. The molecule has 11 nitrogen and oxygen atoms in total. The molecule has 0 unspecified atom stereocenters. The number of methoxy groups -OCH3 is 1. The number of nitrogens with one attached hydrogen (secondary N) is 2. The summed E-state index contributed by atoms with van der Waals surface area (Å²) >= 11 is 0. The van der Waals surface area contributed by atoms with Crippen molar-refractivity contribution in [2.24, 2.45) is 35.0 Å². The number of amides is 2. The lowest BCUT2D eigenvalue weighted by atomic mass is 9.45. The van der Waals surface area contributed by atoms with Crippen molar-refractivity contribution in [3.05, 3.63) is 47.0 Å². The van der Waals surface area contributed by atoms with Crippen LogP contribution < -0.4 is 20.1 Å². The van der Waals surface area contributed by atoms with Crippen LogP contribution in [0.1, 0.15) is 82.3 Å². The molecule has 0 aromatic heterocycles. The fourth-order valence-corrected chi connectivity index (χ4v) is 9.91. The van der Waals surface area contributed by atoms with Gasteiger partial charge in [0.1, 0.15) is 23.6 Å². The predicted molar refractivity (Wildman–Crippen MR) is 204 cm³/mol. The molecule has 53 heavy (non-hydrogen) atoms. The first-order chi connectivity index (χ1) is 25.1. The highest BCUT2D eigenvalue weighted by Gasteiger charge is 2.57. The molecular formula is C42H62N4O7. The average molecular weight is 735 g/mol. The number of hydrogen-bond donors (Lipinski definition) is 4. The van der Waals surface area contributed by atoms with Gasteiger partial charge >= 0.3 is 0 Å². The Labute approximate surface area is 315 Å². The third kappa shape index (κ3) is 7.83. The van der Waals surface area contributed by atoms with E-state index in [1.54, 1.807) is 19.1 Å². The van der Waals surface area contributed by atoms with E-state index in [2.05, 4.69) is 56.2 Å². The number of nitrogens with zero attached hydrogens (tertiary/aromatic N) is 2. The van der Waals surface area contributed by atoms with Crippen molar-refractivity contribution >= 4 is 11.8 Å². The lowest BCUT2D eigenvalue weighted by Crippen LogP contribution is -2.62. The Balaban J connectivity index is 1.29. The highest BCUT2D eigenvalue weighted by Crippen LogP contribution is 2.61. The second kappa shape index (κ2) is 15.9. The molecular weight excluding hydrogens is 672 g/mol. The van der Waals surface area contributed by atoms with E-state index in [9.17, 15) is 19.8 Å². The van der Waals surface area contributed by atoms with Crippen LogP contribution in [0.5, 0.6) is 11.5 Å². The number of aliphatic hydroxyl groups is 2. The summed E-state index contributed by atoms with van der Waals surface area (Å²) in [6.45, 7) is 14.0. The van der Waals surface area contributed by atoms with E-state index in [1.807, 2.05) is 38.4 Å². The van der Waals surface area contributed by atoms with Crippen molar-refractivity contribution in [1.29, 1.82) is 0 Å². The van der Waals surface area contributed by atoms with E-state index >= 15 is 0 Å². The Hall–Kier alpha value is -3.22. The van der Waals surface area contributed by atoms with Crippen LogP contribution in [0.3, 0.4) is 0 Å². The van der Waals surface area contributed by atoms with Crippen LogP contribution in [0.25, 0.3) is 11.1 Å². The highest BCUT2D eigenvalue weighted by atomic mass is 16.7. The topological polar surface area (TPSA) is 133 Å². The van der Waals surface area contributed by atoms with E-state index in [0.717, 1.165) is 41.6 Å². The number of aliphatic hydroxyl groups excluding tert-OH is 2. The van der Waals surface area contributed by atoms with Crippen molar-refractivity contribution in [2.75, 3.05) is 41.0 Å². The van der Waals surface area contributed by atoms with Crippen LogP contribution in [0.15, 0.2) is 30.3 Å². The van der Waals surface area contributed by atoms with E-state index in [-0.39, 0.29) is 42.5 Å². The number of carbonyl (C=O) groups is 2. The summed E-state index contributed by atoms with van der Waals surface area (Å²) in [7, 11) is 5.64. The molecule has 0 spiro atoms. The van der Waals surface area contributed by atoms with Gasteiger partial charge in [0, 0.05) is 42.1 Å². The molecule has 4 fully saturated rings. The number of fused-ring (bicyclic) bond motifs is 3. The van der Waals surface area contributed by atoms with Gasteiger partial charge in [-0.05, 0) is 92.6 Å². The van der Waals surface area contributed by atoms with Gasteiger partial charge in [0.2, 0.25) is 5.91 Å². The van der Waals surface area contributed by atoms with Crippen molar-refractivity contribution in [2.45, 2.75) is 104 Å². The normalized spacial score (nSPS) is 28.6. The number of ether oxygens (including phenoxy) is 2. The maximum atomic E-state index is 14.3. The number of para-hydroxylation sites is 1. The number of benzene rings is 2. The number of hydrogen-bond acceptors (Lipinski definition) is 9. The summed E-state index contributed by atoms with van der Waals surface area (Å²) in [6, 6.07) is 8.99. The Bertz CT molecular complexity index is 1630. The van der Waals surface area contributed by atoms with E-state index < -0.39 is 24.2 Å². The molecule has 2 aliphatic heterocycles. The SMILES string of the molecule is COc1c(CN2O[C@@H](CO)[C@@H]([C@H](C)O)[C@H]2C(=O)N[C@H]2C[C@@H]3C[C@H]([C@@H]2C)C3(C)C)cccc1-c1cc2c(c(C(=O)N[C@@H](CC(C)C)CN(C)C)c1)OCC2. The minimum atomic E-state index is -0.895. The van der Waals surface area contributed by atoms with Crippen molar-refractivity contribution in [1.82, 2.24) is 20.6 Å². The van der Waals surface area contributed by atoms with Crippen LogP contribution in [-0.2, 0) is 22.6 Å². The molecule has 3 saturated carbocycles. The zero-order chi connectivity index (χ0) is 38.4. The fourth-order valence-electron chi connectivity index (χ4n) is 9.91. The van der Waals surface area contributed by atoms with Crippen molar-refractivity contribution < 1.29 is 34.1 Å². The number of carbonyl (C=O) groups excluding carboxylic acids is 2. The zero-order valence-corrected chi connectivity index (χ0v) is 33.1. The minimum Gasteiger partial charge on any atom is -0.496 e. The Morgan fingerprint density at radius 3 is 2.53 bits per heavy atom. The first kappa shape index (κ1) is 39.5. The van der Waals surface area contributed by atoms with Crippen LogP contribution >= 0.6 is 0 Å². The predicted octanol–water partition coefficient (Wildman–Crippen LogP) is 4.66. The Morgan fingerprint density at radius 2 is 1.91 bits per heavy atom. The molecule has 4 N–H and O–H groups in total. The monoisotopic (exact) mass is 734 g/mol. The van der Waals surface area contributed by atoms with Crippen LogP contribution in [0.2, 0.25) is 0 Å². The molecule has 2 amide bonds. The van der Waals surface area contributed by atoms with Crippen LogP contribution in [0.4, 0.5) is 0 Å². The van der Waals surface area contributed by atoms with E-state index in [4.69, 9.17) is 14.3 Å². The van der Waals surface area contributed by atoms with Crippen LogP contribution in [-0.4, -0.2) is 103 Å². The summed E-state index contributed by atoms with van der Waals surface area (Å²) < 4.78 is 12.1. The molecule has 3 aliphatic carbocycles. The first-order valence-electron chi connectivity index (χ1n) is 19.6. The van der Waals surface area contributed by atoms with E-state index in [1.165, 1.54) is 6.42 Å².